The number of benzene rings is 1. The van der Waals surface area contributed by atoms with Crippen LogP contribution in [0.2, 0.25) is 0 Å². The van der Waals surface area contributed by atoms with E-state index < -0.39 is 0 Å². The number of carbonyl (C=O) groups is 1. The topological polar surface area (TPSA) is 96.8 Å². The minimum Gasteiger partial charge on any atom is -0.332 e. The maximum absolute atomic E-state index is 13.2. The van der Waals surface area contributed by atoms with Crippen LogP contribution >= 0.6 is 0 Å². The van der Waals surface area contributed by atoms with Crippen molar-refractivity contribution < 1.29 is 4.79 Å². The highest BCUT2D eigenvalue weighted by molar-refractivity contribution is 6.04. The van der Waals surface area contributed by atoms with Crippen molar-refractivity contribution in [3.63, 3.8) is 0 Å². The van der Waals surface area contributed by atoms with Crippen molar-refractivity contribution in [1.29, 1.82) is 0 Å². The van der Waals surface area contributed by atoms with Crippen LogP contribution in [0.4, 0.5) is 0 Å². The summed E-state index contributed by atoms with van der Waals surface area (Å²) in [5.41, 5.74) is 2.58. The van der Waals surface area contributed by atoms with Crippen LogP contribution in [0, 0.1) is 0 Å². The molecule has 0 aliphatic carbocycles. The van der Waals surface area contributed by atoms with Crippen LogP contribution in [0.25, 0.3) is 22.2 Å². The molecule has 1 aliphatic heterocycles. The van der Waals surface area contributed by atoms with Crippen molar-refractivity contribution in [2.75, 3.05) is 6.54 Å². The fraction of sp³-hybridized carbons (Fsp3) is 0.227. The lowest BCUT2D eigenvalue weighted by Gasteiger charge is -2.24. The van der Waals surface area contributed by atoms with Gasteiger partial charge >= 0.3 is 0 Å². The Morgan fingerprint density at radius 1 is 1.13 bits per heavy atom. The van der Waals surface area contributed by atoms with Crippen molar-refractivity contribution in [2.45, 2.75) is 25.4 Å². The third-order valence-electron chi connectivity index (χ3n) is 5.52. The van der Waals surface area contributed by atoms with Crippen molar-refractivity contribution in [3.8, 4) is 11.3 Å². The highest BCUT2D eigenvalue weighted by Crippen LogP contribution is 2.24. The normalized spacial score (nSPS) is 16.3. The first-order valence-electron chi connectivity index (χ1n) is 9.93. The lowest BCUT2D eigenvalue weighted by molar-refractivity contribution is 0.0716. The molecular weight excluding hydrogens is 380 g/mol. The molecule has 30 heavy (non-hydrogen) atoms. The molecule has 5 rings (SSSR count). The summed E-state index contributed by atoms with van der Waals surface area (Å²) >= 11 is 0. The van der Waals surface area contributed by atoms with E-state index in [-0.39, 0.29) is 17.5 Å². The molecule has 4 heterocycles. The molecule has 4 aromatic rings. The predicted molar refractivity (Wildman–Crippen MR) is 112 cm³/mol. The van der Waals surface area contributed by atoms with Crippen LogP contribution in [0.3, 0.4) is 0 Å². The number of amides is 1. The molecule has 0 spiro atoms. The molecule has 1 fully saturated rings. The van der Waals surface area contributed by atoms with E-state index in [4.69, 9.17) is 0 Å². The van der Waals surface area contributed by atoms with Crippen molar-refractivity contribution in [3.05, 3.63) is 77.0 Å². The first-order valence-corrected chi connectivity index (χ1v) is 9.93. The lowest BCUT2D eigenvalue weighted by Crippen LogP contribution is -2.40. The van der Waals surface area contributed by atoms with E-state index in [1.54, 1.807) is 18.5 Å². The highest BCUT2D eigenvalue weighted by atomic mass is 16.2. The number of para-hydroxylation sites is 1. The molecule has 0 saturated carbocycles. The van der Waals surface area contributed by atoms with Gasteiger partial charge in [0.15, 0.2) is 5.69 Å². The van der Waals surface area contributed by atoms with Gasteiger partial charge in [-0.1, -0.05) is 18.2 Å². The van der Waals surface area contributed by atoms with Gasteiger partial charge in [0.25, 0.3) is 11.5 Å². The smallest absolute Gasteiger partial charge is 0.275 e. The van der Waals surface area contributed by atoms with Crippen LogP contribution in [0.5, 0.6) is 0 Å². The Kier molecular flexibility index (Phi) is 4.59. The van der Waals surface area contributed by atoms with Crippen LogP contribution < -0.4 is 5.56 Å². The second kappa shape index (κ2) is 7.55. The Balaban J connectivity index is 1.42. The maximum Gasteiger partial charge on any atom is 0.275 e. The quantitative estimate of drug-likeness (QED) is 0.568. The van der Waals surface area contributed by atoms with Gasteiger partial charge in [-0.2, -0.15) is 10.2 Å². The molecule has 1 saturated heterocycles. The summed E-state index contributed by atoms with van der Waals surface area (Å²) in [6.07, 6.45) is 5.11. The number of hydrogen-bond acceptors (Lipinski definition) is 5. The third-order valence-corrected chi connectivity index (χ3v) is 5.52. The number of nitrogens with zero attached hydrogens (tertiary/aromatic N) is 5. The summed E-state index contributed by atoms with van der Waals surface area (Å²) in [5, 5.41) is 12.5. The Morgan fingerprint density at radius 3 is 2.90 bits per heavy atom. The van der Waals surface area contributed by atoms with Gasteiger partial charge in [-0.25, -0.2) is 4.68 Å². The highest BCUT2D eigenvalue weighted by Gasteiger charge is 2.32. The monoisotopic (exact) mass is 400 g/mol. The van der Waals surface area contributed by atoms with E-state index >= 15 is 0 Å². The van der Waals surface area contributed by atoms with Crippen LogP contribution in [-0.4, -0.2) is 48.4 Å². The molecule has 0 radical (unpaired) electrons. The maximum atomic E-state index is 13.2. The summed E-state index contributed by atoms with van der Waals surface area (Å²) in [5.74, 6) is -0.119. The number of hydrogen-bond donors (Lipinski definition) is 1. The Bertz CT molecular complexity index is 1260. The van der Waals surface area contributed by atoms with Gasteiger partial charge in [-0.05, 0) is 37.1 Å². The second-order valence-electron chi connectivity index (χ2n) is 7.39. The van der Waals surface area contributed by atoms with Crippen molar-refractivity contribution in [1.82, 2.24) is 29.9 Å². The molecule has 1 atom stereocenters. The van der Waals surface area contributed by atoms with E-state index in [0.717, 1.165) is 29.3 Å². The first-order chi connectivity index (χ1) is 14.7. The minimum absolute atomic E-state index is 0.109. The molecule has 8 nitrogen and oxygen atoms in total. The van der Waals surface area contributed by atoms with Gasteiger partial charge in [0, 0.05) is 36.0 Å². The number of rotatable bonds is 4. The van der Waals surface area contributed by atoms with E-state index in [2.05, 4.69) is 20.3 Å². The van der Waals surface area contributed by atoms with E-state index in [1.165, 1.54) is 10.7 Å². The summed E-state index contributed by atoms with van der Waals surface area (Å²) in [6, 6.07) is 14.4. The number of carbonyl (C=O) groups excluding carboxylic acids is 1. The van der Waals surface area contributed by atoms with Crippen LogP contribution in [0.1, 0.15) is 23.3 Å². The molecule has 1 N–H and O–H groups in total. The van der Waals surface area contributed by atoms with Gasteiger partial charge in [-0.15, -0.1) is 0 Å². The number of aromatic nitrogens is 5. The lowest BCUT2D eigenvalue weighted by atomic mass is 10.1. The number of aromatic amines is 1. The zero-order valence-electron chi connectivity index (χ0n) is 16.2. The molecule has 1 aliphatic rings. The zero-order chi connectivity index (χ0) is 20.5. The van der Waals surface area contributed by atoms with E-state index in [0.29, 0.717) is 24.5 Å². The van der Waals surface area contributed by atoms with Crippen LogP contribution in [0.15, 0.2) is 65.7 Å². The summed E-state index contributed by atoms with van der Waals surface area (Å²) in [6.45, 7) is 0.989. The van der Waals surface area contributed by atoms with Crippen LogP contribution in [-0.2, 0) is 6.54 Å². The van der Waals surface area contributed by atoms with Gasteiger partial charge < -0.3 is 4.90 Å². The molecule has 1 amide bonds. The Labute approximate surface area is 172 Å². The number of fused-ring (bicyclic) bond motifs is 1. The molecule has 0 bridgehead atoms. The molecular formula is C22H20N6O2. The first kappa shape index (κ1) is 18.2. The van der Waals surface area contributed by atoms with Crippen molar-refractivity contribution in [2.24, 2.45) is 0 Å². The number of H-pyrrole nitrogens is 1. The van der Waals surface area contributed by atoms with Gasteiger partial charge in [0.05, 0.1) is 23.8 Å². The molecule has 150 valence electrons. The molecule has 1 unspecified atom stereocenters. The fourth-order valence-electron chi connectivity index (χ4n) is 4.00. The largest absolute Gasteiger partial charge is 0.332 e. The minimum atomic E-state index is -0.188. The third kappa shape index (κ3) is 3.26. The number of nitrogens with one attached hydrogen (secondary N) is 1. The number of likely N-dealkylation sites (tertiary alicyclic amines) is 1. The van der Waals surface area contributed by atoms with E-state index in [9.17, 15) is 9.59 Å². The molecule has 8 heteroatoms. The SMILES string of the molecule is O=C(c1n[nH]c2ccccc12)N1CCCC1Cn1nc(-c2cccnc2)ccc1=O. The summed E-state index contributed by atoms with van der Waals surface area (Å²) in [7, 11) is 0. The summed E-state index contributed by atoms with van der Waals surface area (Å²) in [4.78, 5) is 31.6. The van der Waals surface area contributed by atoms with Gasteiger partial charge in [0.1, 0.15) is 0 Å². The zero-order valence-corrected chi connectivity index (χ0v) is 16.2. The van der Waals surface area contributed by atoms with Gasteiger partial charge in [0.2, 0.25) is 0 Å². The fourth-order valence-corrected chi connectivity index (χ4v) is 4.00. The second-order valence-corrected chi connectivity index (χ2v) is 7.39. The molecule has 3 aromatic heterocycles. The predicted octanol–water partition coefficient (Wildman–Crippen LogP) is 2.49. The Morgan fingerprint density at radius 2 is 2.03 bits per heavy atom. The standard InChI is InChI=1S/C22H20N6O2/c29-20-10-9-18(15-5-3-11-23-13-15)26-28(20)14-16-6-4-12-27(16)22(30)21-17-7-1-2-8-19(17)24-25-21/h1-3,5,7-11,13,16H,4,6,12,14H2,(H,24,25). The van der Waals surface area contributed by atoms with E-state index in [1.807, 2.05) is 41.3 Å². The average Bonchev–Trinajstić information content (AvgIpc) is 3.42. The average molecular weight is 400 g/mol. The van der Waals surface area contributed by atoms with Gasteiger partial charge in [-0.3, -0.25) is 19.7 Å². The Hall–Kier alpha value is -3.81. The molecule has 1 aromatic carbocycles. The summed E-state index contributed by atoms with van der Waals surface area (Å²) < 4.78 is 1.45. The number of pyridine rings is 1. The van der Waals surface area contributed by atoms with Crippen molar-refractivity contribution >= 4 is 16.8 Å².